The molecule has 4 rings (SSSR count). The lowest BCUT2D eigenvalue weighted by Gasteiger charge is -2.26. The monoisotopic (exact) mass is 499 g/mol. The highest BCUT2D eigenvalue weighted by atomic mass is 19.1. The second-order valence-corrected chi connectivity index (χ2v) is 8.70. The highest BCUT2D eigenvalue weighted by Crippen LogP contribution is 2.27. The summed E-state index contributed by atoms with van der Waals surface area (Å²) < 4.78 is 31.3. The molecule has 0 fully saturated rings. The first-order valence-corrected chi connectivity index (χ1v) is 12.0. The molecule has 0 saturated carbocycles. The maximum Gasteiger partial charge on any atom is 0.249 e. The number of aromatic nitrogens is 2. The van der Waals surface area contributed by atoms with Crippen LogP contribution in [0.4, 0.5) is 14.5 Å². The summed E-state index contributed by atoms with van der Waals surface area (Å²) in [6.45, 7) is 3.50. The normalized spacial score (nSPS) is 10.8. The molecule has 37 heavy (non-hydrogen) atoms. The van der Waals surface area contributed by atoms with E-state index < -0.39 is 17.5 Å². The van der Waals surface area contributed by atoms with Crippen LogP contribution in [-0.2, 0) is 19.5 Å². The van der Waals surface area contributed by atoms with Gasteiger partial charge in [-0.15, -0.1) is 0 Å². The maximum absolute atomic E-state index is 14.9. The molecule has 1 amide bonds. The average Bonchev–Trinajstić information content (AvgIpc) is 3.36. The number of anilines is 1. The lowest BCUT2D eigenvalue weighted by molar-refractivity contribution is 0.100. The third-order valence-electron chi connectivity index (χ3n) is 6.34. The van der Waals surface area contributed by atoms with Crippen LogP contribution in [0.5, 0.6) is 0 Å². The zero-order valence-electron chi connectivity index (χ0n) is 20.5. The van der Waals surface area contributed by atoms with E-state index in [4.69, 9.17) is 11.0 Å². The van der Waals surface area contributed by atoms with E-state index in [2.05, 4.69) is 4.98 Å². The minimum Gasteiger partial charge on any atom is -0.366 e. The predicted molar refractivity (Wildman–Crippen MR) is 139 cm³/mol. The van der Waals surface area contributed by atoms with Gasteiger partial charge < -0.3 is 15.2 Å². The number of hydrogen-bond donors (Lipinski definition) is 1. The van der Waals surface area contributed by atoms with E-state index in [0.29, 0.717) is 38.0 Å². The first-order valence-electron chi connectivity index (χ1n) is 12.0. The molecule has 3 aromatic carbocycles. The van der Waals surface area contributed by atoms with Gasteiger partial charge in [0.2, 0.25) is 5.91 Å². The SMILES string of the molecule is CCn1cncc1CN(CCCc1ccc(-c2ccccc2C(N)=O)cc1)c1cc(F)c(C#N)cc1F. The fourth-order valence-corrected chi connectivity index (χ4v) is 4.38. The summed E-state index contributed by atoms with van der Waals surface area (Å²) in [5, 5.41) is 9.05. The molecule has 4 aromatic rings. The van der Waals surface area contributed by atoms with Crippen molar-refractivity contribution in [2.75, 3.05) is 11.4 Å². The molecule has 0 aliphatic carbocycles. The maximum atomic E-state index is 14.9. The number of nitriles is 1. The van der Waals surface area contributed by atoms with E-state index in [0.717, 1.165) is 34.5 Å². The van der Waals surface area contributed by atoms with E-state index >= 15 is 0 Å². The van der Waals surface area contributed by atoms with Crippen molar-refractivity contribution in [2.45, 2.75) is 32.9 Å². The Bertz CT molecular complexity index is 1440. The van der Waals surface area contributed by atoms with Crippen molar-refractivity contribution in [3.05, 3.63) is 107 Å². The van der Waals surface area contributed by atoms with Crippen molar-refractivity contribution in [3.8, 4) is 17.2 Å². The molecular weight excluding hydrogens is 472 g/mol. The van der Waals surface area contributed by atoms with Crippen LogP contribution in [0.2, 0.25) is 0 Å². The van der Waals surface area contributed by atoms with Gasteiger partial charge in [-0.1, -0.05) is 42.5 Å². The van der Waals surface area contributed by atoms with Gasteiger partial charge in [0.05, 0.1) is 29.8 Å². The van der Waals surface area contributed by atoms with Gasteiger partial charge in [-0.25, -0.2) is 13.8 Å². The topological polar surface area (TPSA) is 87.9 Å². The zero-order valence-corrected chi connectivity index (χ0v) is 20.5. The van der Waals surface area contributed by atoms with Gasteiger partial charge in [-0.05, 0) is 48.6 Å². The number of carbonyl (C=O) groups excluding carboxylic acids is 1. The number of imidazole rings is 1. The Balaban J connectivity index is 1.51. The smallest absolute Gasteiger partial charge is 0.249 e. The van der Waals surface area contributed by atoms with E-state index in [1.807, 2.05) is 47.9 Å². The standard InChI is InChI=1S/C29H27F2N5O/c1-2-35-19-34-17-23(35)18-36(28-15-26(30)22(16-32)14-27(28)31)13-5-6-20-9-11-21(12-10-20)24-7-3-4-8-25(24)29(33)37/h3-4,7-12,14-15,17,19H,2,5-6,13,18H2,1H3,(H2,33,37). The molecule has 0 bridgehead atoms. The summed E-state index contributed by atoms with van der Waals surface area (Å²) in [4.78, 5) is 17.7. The minimum absolute atomic E-state index is 0.110. The first-order chi connectivity index (χ1) is 17.9. The van der Waals surface area contributed by atoms with Gasteiger partial charge in [0.1, 0.15) is 17.7 Å². The Labute approximate surface area is 214 Å². The number of aryl methyl sites for hydroxylation is 2. The molecule has 1 aromatic heterocycles. The molecule has 1 heterocycles. The quantitative estimate of drug-likeness (QED) is 0.314. The van der Waals surface area contributed by atoms with Crippen LogP contribution in [0, 0.1) is 23.0 Å². The molecule has 0 radical (unpaired) electrons. The van der Waals surface area contributed by atoms with E-state index in [1.54, 1.807) is 35.6 Å². The van der Waals surface area contributed by atoms with Crippen molar-refractivity contribution in [1.82, 2.24) is 9.55 Å². The van der Waals surface area contributed by atoms with Crippen molar-refractivity contribution in [3.63, 3.8) is 0 Å². The minimum atomic E-state index is -0.750. The van der Waals surface area contributed by atoms with Gasteiger partial charge in [-0.2, -0.15) is 5.26 Å². The van der Waals surface area contributed by atoms with Crippen LogP contribution in [0.15, 0.2) is 73.2 Å². The van der Waals surface area contributed by atoms with Gasteiger partial charge >= 0.3 is 0 Å². The van der Waals surface area contributed by atoms with Crippen LogP contribution in [0.25, 0.3) is 11.1 Å². The summed E-state index contributed by atoms with van der Waals surface area (Å²) in [5.74, 6) is -1.87. The molecular formula is C29H27F2N5O. The number of halogens is 2. The van der Waals surface area contributed by atoms with Crippen molar-refractivity contribution in [2.24, 2.45) is 5.73 Å². The molecule has 0 atom stereocenters. The summed E-state index contributed by atoms with van der Waals surface area (Å²) in [5.41, 5.74) is 9.39. The zero-order chi connectivity index (χ0) is 26.4. The van der Waals surface area contributed by atoms with Crippen molar-refractivity contribution in [1.29, 1.82) is 5.26 Å². The van der Waals surface area contributed by atoms with Gasteiger partial charge in [0.25, 0.3) is 0 Å². The van der Waals surface area contributed by atoms with Crippen LogP contribution < -0.4 is 10.6 Å². The third kappa shape index (κ3) is 5.84. The molecule has 6 nitrogen and oxygen atoms in total. The fraction of sp³-hybridized carbons (Fsp3) is 0.207. The number of primary amides is 1. The second-order valence-electron chi connectivity index (χ2n) is 8.70. The van der Waals surface area contributed by atoms with E-state index in [1.165, 1.54) is 0 Å². The summed E-state index contributed by atoms with van der Waals surface area (Å²) in [6.07, 6.45) is 4.82. The number of benzene rings is 3. The summed E-state index contributed by atoms with van der Waals surface area (Å²) in [7, 11) is 0. The first kappa shape index (κ1) is 25.6. The molecule has 0 saturated heterocycles. The van der Waals surface area contributed by atoms with Gasteiger partial charge in [0, 0.05) is 30.9 Å². The van der Waals surface area contributed by atoms with Crippen LogP contribution in [0.1, 0.15) is 40.5 Å². The molecule has 0 aliphatic rings. The number of rotatable bonds is 10. The van der Waals surface area contributed by atoms with Crippen molar-refractivity contribution >= 4 is 11.6 Å². The number of carbonyl (C=O) groups is 1. The molecule has 0 unspecified atom stereocenters. The third-order valence-corrected chi connectivity index (χ3v) is 6.34. The summed E-state index contributed by atoms with van der Waals surface area (Å²) in [6, 6.07) is 18.8. The summed E-state index contributed by atoms with van der Waals surface area (Å²) >= 11 is 0. The van der Waals surface area contributed by atoms with Gasteiger partial charge in [0.15, 0.2) is 0 Å². The van der Waals surface area contributed by atoms with Crippen LogP contribution in [0.3, 0.4) is 0 Å². The number of amides is 1. The van der Waals surface area contributed by atoms with E-state index in [-0.39, 0.29) is 11.3 Å². The predicted octanol–water partition coefficient (Wildman–Crippen LogP) is 5.46. The van der Waals surface area contributed by atoms with Crippen LogP contribution >= 0.6 is 0 Å². The Morgan fingerprint density at radius 1 is 1.11 bits per heavy atom. The number of nitrogens with two attached hydrogens (primary N) is 1. The Kier molecular flexibility index (Phi) is 7.94. The van der Waals surface area contributed by atoms with E-state index in [9.17, 15) is 13.6 Å². The highest BCUT2D eigenvalue weighted by molar-refractivity contribution is 5.99. The molecule has 2 N–H and O–H groups in total. The Morgan fingerprint density at radius 3 is 2.57 bits per heavy atom. The average molecular weight is 500 g/mol. The Hall–Kier alpha value is -4.51. The highest BCUT2D eigenvalue weighted by Gasteiger charge is 2.18. The van der Waals surface area contributed by atoms with Crippen LogP contribution in [-0.4, -0.2) is 22.0 Å². The molecule has 8 heteroatoms. The molecule has 0 spiro atoms. The lowest BCUT2D eigenvalue weighted by atomic mass is 9.97. The molecule has 0 aliphatic heterocycles. The second kappa shape index (κ2) is 11.5. The van der Waals surface area contributed by atoms with Gasteiger partial charge in [-0.3, -0.25) is 4.79 Å². The van der Waals surface area contributed by atoms with Crippen molar-refractivity contribution < 1.29 is 13.6 Å². The number of hydrogen-bond acceptors (Lipinski definition) is 4. The largest absolute Gasteiger partial charge is 0.366 e. The molecule has 188 valence electrons. The number of nitrogens with zero attached hydrogens (tertiary/aromatic N) is 4. The fourth-order valence-electron chi connectivity index (χ4n) is 4.38. The Morgan fingerprint density at radius 2 is 1.86 bits per heavy atom. The lowest BCUT2D eigenvalue weighted by Crippen LogP contribution is -2.27.